The fourth-order valence-corrected chi connectivity index (χ4v) is 3.65. The number of carbonyl (C=O) groups excluding carboxylic acids is 1. The third-order valence-corrected chi connectivity index (χ3v) is 5.22. The van der Waals surface area contributed by atoms with Gasteiger partial charge in [-0.15, -0.1) is 0 Å². The Hall–Kier alpha value is -2.84. The minimum atomic E-state index is -3.56. The molecule has 1 amide bonds. The van der Waals surface area contributed by atoms with Gasteiger partial charge in [0.1, 0.15) is 0 Å². The lowest BCUT2D eigenvalue weighted by Crippen LogP contribution is -2.30. The largest absolute Gasteiger partial charge is 0.322 e. The summed E-state index contributed by atoms with van der Waals surface area (Å²) in [6.07, 6.45) is 3.15. The molecule has 134 valence electrons. The zero-order valence-corrected chi connectivity index (χ0v) is 15.1. The minimum absolute atomic E-state index is 0.144. The van der Waals surface area contributed by atoms with Crippen LogP contribution in [0.15, 0.2) is 59.8 Å². The first kappa shape index (κ1) is 18.0. The molecular formula is C18H18N4O3S. The molecule has 8 heteroatoms. The lowest BCUT2D eigenvalue weighted by Gasteiger charge is -2.10. The Labute approximate surface area is 151 Å². The van der Waals surface area contributed by atoms with Gasteiger partial charge < -0.3 is 5.32 Å². The summed E-state index contributed by atoms with van der Waals surface area (Å²) < 4.78 is 26.7. The van der Waals surface area contributed by atoms with Crippen LogP contribution >= 0.6 is 0 Å². The number of carbonyl (C=O) groups is 1. The number of anilines is 1. The van der Waals surface area contributed by atoms with Gasteiger partial charge >= 0.3 is 0 Å². The number of nitrogens with zero attached hydrogens (tertiary/aromatic N) is 2. The maximum Gasteiger partial charge on any atom is 0.255 e. The second-order valence-corrected chi connectivity index (χ2v) is 7.73. The fraction of sp³-hybridized carbons (Fsp3) is 0.167. The standard InChI is InChI=1S/C18H18N4O3S/c1-12(2)22-26(24,25)15-6-4-14(5-7-15)21-18(23)13-3-8-16-17(11-13)20-10-9-19-16/h3-12,22H,1-2H3,(H,21,23). The van der Waals surface area contributed by atoms with Gasteiger partial charge in [-0.25, -0.2) is 13.1 Å². The van der Waals surface area contributed by atoms with Crippen molar-refractivity contribution in [3.63, 3.8) is 0 Å². The monoisotopic (exact) mass is 370 g/mol. The third-order valence-electron chi connectivity index (χ3n) is 3.54. The smallest absolute Gasteiger partial charge is 0.255 e. The van der Waals surface area contributed by atoms with E-state index in [0.717, 1.165) is 0 Å². The van der Waals surface area contributed by atoms with Crippen molar-refractivity contribution < 1.29 is 13.2 Å². The molecule has 0 atom stereocenters. The molecular weight excluding hydrogens is 352 g/mol. The number of benzene rings is 2. The van der Waals surface area contributed by atoms with Crippen molar-refractivity contribution in [3.05, 3.63) is 60.4 Å². The molecule has 1 heterocycles. The summed E-state index contributed by atoms with van der Waals surface area (Å²) in [5.41, 5.74) is 2.27. The summed E-state index contributed by atoms with van der Waals surface area (Å²) in [6.45, 7) is 3.50. The zero-order valence-electron chi connectivity index (χ0n) is 14.3. The highest BCUT2D eigenvalue weighted by Gasteiger charge is 2.15. The first-order valence-electron chi connectivity index (χ1n) is 8.00. The van der Waals surface area contributed by atoms with Crippen molar-refractivity contribution in [2.75, 3.05) is 5.32 Å². The summed E-state index contributed by atoms with van der Waals surface area (Å²) in [5.74, 6) is -0.312. The Morgan fingerprint density at radius 1 is 0.962 bits per heavy atom. The molecule has 2 N–H and O–H groups in total. The van der Waals surface area contributed by atoms with Gasteiger partial charge in [0.2, 0.25) is 10.0 Å². The molecule has 0 saturated heterocycles. The van der Waals surface area contributed by atoms with Gasteiger partial charge in [-0.3, -0.25) is 14.8 Å². The molecule has 0 bridgehead atoms. The number of amides is 1. The molecule has 0 aliphatic heterocycles. The van der Waals surface area contributed by atoms with Gasteiger partial charge in [0.15, 0.2) is 0 Å². The van der Waals surface area contributed by atoms with Crippen LogP contribution in [0, 0.1) is 0 Å². The van der Waals surface area contributed by atoms with Crippen molar-refractivity contribution in [2.24, 2.45) is 0 Å². The van der Waals surface area contributed by atoms with Gasteiger partial charge in [-0.1, -0.05) is 0 Å². The van der Waals surface area contributed by atoms with Crippen molar-refractivity contribution >= 4 is 32.7 Å². The highest BCUT2D eigenvalue weighted by atomic mass is 32.2. The number of aromatic nitrogens is 2. The van der Waals surface area contributed by atoms with Crippen LogP contribution < -0.4 is 10.0 Å². The average Bonchev–Trinajstić information content (AvgIpc) is 2.60. The Bertz CT molecular complexity index is 1050. The van der Waals surface area contributed by atoms with Crippen LogP contribution in [0.2, 0.25) is 0 Å². The van der Waals surface area contributed by atoms with E-state index >= 15 is 0 Å². The normalized spacial score (nSPS) is 11.7. The summed E-state index contributed by atoms with van der Waals surface area (Å²) >= 11 is 0. The molecule has 0 fully saturated rings. The van der Waals surface area contributed by atoms with Crippen LogP contribution in [0.3, 0.4) is 0 Å². The minimum Gasteiger partial charge on any atom is -0.322 e. The van der Waals surface area contributed by atoms with Crippen molar-refractivity contribution in [1.82, 2.24) is 14.7 Å². The van der Waals surface area contributed by atoms with Crippen LogP contribution in [-0.2, 0) is 10.0 Å². The van der Waals surface area contributed by atoms with Gasteiger partial charge in [0.25, 0.3) is 5.91 Å². The average molecular weight is 370 g/mol. The van der Waals surface area contributed by atoms with E-state index in [1.54, 1.807) is 56.6 Å². The second-order valence-electron chi connectivity index (χ2n) is 6.01. The number of fused-ring (bicyclic) bond motifs is 1. The zero-order chi connectivity index (χ0) is 18.7. The molecule has 2 aromatic carbocycles. The first-order valence-corrected chi connectivity index (χ1v) is 9.48. The molecule has 3 rings (SSSR count). The first-order chi connectivity index (χ1) is 12.3. The third kappa shape index (κ3) is 4.04. The van der Waals surface area contributed by atoms with Crippen molar-refractivity contribution in [2.45, 2.75) is 24.8 Å². The molecule has 0 aliphatic rings. The second kappa shape index (κ2) is 7.19. The quantitative estimate of drug-likeness (QED) is 0.719. The highest BCUT2D eigenvalue weighted by Crippen LogP contribution is 2.17. The molecule has 0 spiro atoms. The number of hydrogen-bond acceptors (Lipinski definition) is 5. The topological polar surface area (TPSA) is 101 Å². The van der Waals surface area contributed by atoms with Gasteiger partial charge in [-0.2, -0.15) is 0 Å². The van der Waals surface area contributed by atoms with Crippen LogP contribution in [0.5, 0.6) is 0 Å². The predicted octanol–water partition coefficient (Wildman–Crippen LogP) is 2.57. The Morgan fingerprint density at radius 3 is 2.27 bits per heavy atom. The number of rotatable bonds is 5. The number of sulfonamides is 1. The Kier molecular flexibility index (Phi) is 4.97. The van der Waals surface area contributed by atoms with Crippen molar-refractivity contribution in [1.29, 1.82) is 0 Å². The molecule has 0 radical (unpaired) electrons. The molecule has 1 aromatic heterocycles. The molecule has 3 aromatic rings. The van der Waals surface area contributed by atoms with E-state index in [1.807, 2.05) is 0 Å². The van der Waals surface area contributed by atoms with Crippen LogP contribution in [0.25, 0.3) is 11.0 Å². The molecule has 0 unspecified atom stereocenters. The summed E-state index contributed by atoms with van der Waals surface area (Å²) in [7, 11) is -3.56. The SMILES string of the molecule is CC(C)NS(=O)(=O)c1ccc(NC(=O)c2ccc3nccnc3c2)cc1. The van der Waals surface area contributed by atoms with Crippen LogP contribution in [0.4, 0.5) is 5.69 Å². The van der Waals surface area contributed by atoms with Crippen LogP contribution in [0.1, 0.15) is 24.2 Å². The lowest BCUT2D eigenvalue weighted by atomic mass is 10.1. The number of hydrogen-bond donors (Lipinski definition) is 2. The molecule has 0 saturated carbocycles. The molecule has 26 heavy (non-hydrogen) atoms. The summed E-state index contributed by atoms with van der Waals surface area (Å²) in [6, 6.07) is 10.8. The molecule has 7 nitrogen and oxygen atoms in total. The molecule has 0 aliphatic carbocycles. The van der Waals surface area contributed by atoms with Gasteiger partial charge in [-0.05, 0) is 56.3 Å². The Morgan fingerprint density at radius 2 is 1.62 bits per heavy atom. The van der Waals surface area contributed by atoms with E-state index in [1.165, 1.54) is 12.1 Å². The predicted molar refractivity (Wildman–Crippen MR) is 99.4 cm³/mol. The maximum atomic E-state index is 12.4. The van der Waals surface area contributed by atoms with Gasteiger partial charge in [0.05, 0.1) is 15.9 Å². The van der Waals surface area contributed by atoms with Crippen molar-refractivity contribution in [3.8, 4) is 0 Å². The van der Waals surface area contributed by atoms with E-state index in [0.29, 0.717) is 22.3 Å². The number of nitrogens with one attached hydrogen (secondary N) is 2. The summed E-state index contributed by atoms with van der Waals surface area (Å²) in [5, 5.41) is 2.74. The lowest BCUT2D eigenvalue weighted by molar-refractivity contribution is 0.102. The summed E-state index contributed by atoms with van der Waals surface area (Å²) in [4.78, 5) is 20.9. The van der Waals surface area contributed by atoms with Crippen LogP contribution in [-0.4, -0.2) is 30.3 Å². The fourth-order valence-electron chi connectivity index (χ4n) is 2.40. The van der Waals surface area contributed by atoms with E-state index in [9.17, 15) is 13.2 Å². The maximum absolute atomic E-state index is 12.4. The van der Waals surface area contributed by atoms with E-state index in [2.05, 4.69) is 20.0 Å². The van der Waals surface area contributed by atoms with E-state index < -0.39 is 10.0 Å². The highest BCUT2D eigenvalue weighted by molar-refractivity contribution is 7.89. The van der Waals surface area contributed by atoms with E-state index in [4.69, 9.17) is 0 Å². The Balaban J connectivity index is 1.76. The van der Waals surface area contributed by atoms with E-state index in [-0.39, 0.29) is 16.8 Å². The van der Waals surface area contributed by atoms with Gasteiger partial charge in [0, 0.05) is 29.7 Å².